The van der Waals surface area contributed by atoms with Crippen LogP contribution in [0.3, 0.4) is 0 Å². The first kappa shape index (κ1) is 22.1. The Hall–Kier alpha value is -1.17. The quantitative estimate of drug-likeness (QED) is 0.459. The monoisotopic (exact) mass is 431 g/mol. The summed E-state index contributed by atoms with van der Waals surface area (Å²) in [5, 5.41) is 4.98. The van der Waals surface area contributed by atoms with E-state index in [1.807, 2.05) is 25.1 Å². The van der Waals surface area contributed by atoms with Crippen LogP contribution in [0.4, 0.5) is 0 Å². The average molecular weight is 433 g/mol. The van der Waals surface area contributed by atoms with Gasteiger partial charge in [-0.3, -0.25) is 0 Å². The second kappa shape index (κ2) is 11.6. The zero-order chi connectivity index (χ0) is 19.6. The molecule has 0 saturated carbocycles. The minimum absolute atomic E-state index is 0.265. The molecule has 1 N–H and O–H groups in total. The molecule has 0 saturated heterocycles. The number of hydrogen-bond acceptors (Lipinski definition) is 4. The Morgan fingerprint density at radius 2 is 1.85 bits per heavy atom. The van der Waals surface area contributed by atoms with E-state index < -0.39 is 0 Å². The van der Waals surface area contributed by atoms with Gasteiger partial charge in [0.05, 0.1) is 12.1 Å². The van der Waals surface area contributed by atoms with Gasteiger partial charge in [-0.2, -0.15) is 0 Å². The normalized spacial score (nSPS) is 10.9. The van der Waals surface area contributed by atoms with E-state index in [1.54, 1.807) is 19.2 Å². The van der Waals surface area contributed by atoms with Gasteiger partial charge in [-0.15, -0.1) is 0 Å². The number of halogens is 3. The first-order chi connectivity index (χ1) is 13.0. The van der Waals surface area contributed by atoms with E-state index >= 15 is 0 Å². The molecule has 0 unspecified atom stereocenters. The summed E-state index contributed by atoms with van der Waals surface area (Å²) < 4.78 is 16.6. The van der Waals surface area contributed by atoms with Gasteiger partial charge in [-0.1, -0.05) is 40.9 Å². The number of benzene rings is 2. The summed E-state index contributed by atoms with van der Waals surface area (Å²) >= 11 is 18.5. The molecule has 0 atom stereocenters. The summed E-state index contributed by atoms with van der Waals surface area (Å²) in [4.78, 5) is 0. The largest absolute Gasteiger partial charge is 0.493 e. The first-order valence-electron chi connectivity index (χ1n) is 8.76. The van der Waals surface area contributed by atoms with Crippen molar-refractivity contribution in [2.45, 2.75) is 26.5 Å². The lowest BCUT2D eigenvalue weighted by Gasteiger charge is -2.15. The van der Waals surface area contributed by atoms with Crippen LogP contribution in [-0.4, -0.2) is 26.9 Å². The third-order valence-corrected chi connectivity index (χ3v) is 4.72. The third kappa shape index (κ3) is 7.05. The third-order valence-electron chi connectivity index (χ3n) is 3.85. The van der Waals surface area contributed by atoms with E-state index in [0.29, 0.717) is 33.1 Å². The Morgan fingerprint density at radius 1 is 1.04 bits per heavy atom. The molecule has 0 heterocycles. The molecule has 27 heavy (non-hydrogen) atoms. The molecule has 2 aromatic rings. The SMILES string of the molecule is CCOCCCNCc1cc(Cl)c(OCc2ccc(Cl)cc2Cl)c(OC)c1. The van der Waals surface area contributed by atoms with Crippen LogP contribution in [0.1, 0.15) is 24.5 Å². The number of hydrogen-bond donors (Lipinski definition) is 1. The van der Waals surface area contributed by atoms with Crippen LogP contribution in [0.15, 0.2) is 30.3 Å². The van der Waals surface area contributed by atoms with Gasteiger partial charge in [0.1, 0.15) is 6.61 Å². The molecule has 0 amide bonds. The van der Waals surface area contributed by atoms with Gasteiger partial charge in [0.25, 0.3) is 0 Å². The van der Waals surface area contributed by atoms with Crippen molar-refractivity contribution in [3.05, 3.63) is 56.5 Å². The topological polar surface area (TPSA) is 39.7 Å². The van der Waals surface area contributed by atoms with Crippen molar-refractivity contribution < 1.29 is 14.2 Å². The lowest BCUT2D eigenvalue weighted by molar-refractivity contribution is 0.144. The van der Waals surface area contributed by atoms with Crippen molar-refractivity contribution in [3.63, 3.8) is 0 Å². The first-order valence-corrected chi connectivity index (χ1v) is 9.90. The fourth-order valence-corrected chi connectivity index (χ4v) is 3.23. The Bertz CT molecular complexity index is 741. The predicted octanol–water partition coefficient (Wildman–Crippen LogP) is 5.75. The lowest BCUT2D eigenvalue weighted by atomic mass is 10.2. The van der Waals surface area contributed by atoms with Crippen molar-refractivity contribution in [1.82, 2.24) is 5.32 Å². The van der Waals surface area contributed by atoms with E-state index in [2.05, 4.69) is 5.32 Å². The molecule has 7 heteroatoms. The van der Waals surface area contributed by atoms with Gasteiger partial charge >= 0.3 is 0 Å². The molecular formula is C20H24Cl3NO3. The maximum atomic E-state index is 6.42. The standard InChI is InChI=1S/C20H24Cl3NO3/c1-3-26-8-4-7-24-12-14-9-18(23)20(19(10-14)25-2)27-13-15-5-6-16(21)11-17(15)22/h5-6,9-11,24H,3-4,7-8,12-13H2,1-2H3. The molecule has 0 radical (unpaired) electrons. The highest BCUT2D eigenvalue weighted by molar-refractivity contribution is 6.35. The van der Waals surface area contributed by atoms with Crippen LogP contribution in [0.25, 0.3) is 0 Å². The molecule has 0 spiro atoms. The van der Waals surface area contributed by atoms with E-state index in [9.17, 15) is 0 Å². The van der Waals surface area contributed by atoms with E-state index in [1.165, 1.54) is 0 Å². The molecule has 4 nitrogen and oxygen atoms in total. The minimum Gasteiger partial charge on any atom is -0.493 e. The maximum absolute atomic E-state index is 6.42. The molecule has 0 aromatic heterocycles. The zero-order valence-corrected chi connectivity index (χ0v) is 17.8. The second-order valence-electron chi connectivity index (χ2n) is 5.86. The smallest absolute Gasteiger partial charge is 0.180 e. The molecule has 2 aromatic carbocycles. The van der Waals surface area contributed by atoms with Gasteiger partial charge in [-0.25, -0.2) is 0 Å². The van der Waals surface area contributed by atoms with Crippen LogP contribution in [0, 0.1) is 0 Å². The number of ether oxygens (including phenoxy) is 3. The van der Waals surface area contributed by atoms with Crippen molar-refractivity contribution in [2.24, 2.45) is 0 Å². The van der Waals surface area contributed by atoms with Crippen LogP contribution in [0.5, 0.6) is 11.5 Å². The predicted molar refractivity (Wildman–Crippen MR) is 112 cm³/mol. The number of nitrogens with one attached hydrogen (secondary N) is 1. The summed E-state index contributed by atoms with van der Waals surface area (Å²) in [6, 6.07) is 9.07. The fourth-order valence-electron chi connectivity index (χ4n) is 2.48. The van der Waals surface area contributed by atoms with Gasteiger partial charge in [0, 0.05) is 35.4 Å². The fraction of sp³-hybridized carbons (Fsp3) is 0.400. The molecule has 148 valence electrons. The summed E-state index contributed by atoms with van der Waals surface area (Å²) in [6.07, 6.45) is 0.960. The van der Waals surface area contributed by atoms with Gasteiger partial charge in [0.2, 0.25) is 0 Å². The Balaban J connectivity index is 1.98. The Morgan fingerprint density at radius 3 is 2.56 bits per heavy atom. The molecular weight excluding hydrogens is 409 g/mol. The zero-order valence-electron chi connectivity index (χ0n) is 15.5. The van der Waals surface area contributed by atoms with Gasteiger partial charge < -0.3 is 19.5 Å². The summed E-state index contributed by atoms with van der Waals surface area (Å²) in [6.45, 7) is 5.31. The van der Waals surface area contributed by atoms with Gasteiger partial charge in [-0.05, 0) is 49.7 Å². The number of rotatable bonds is 11. The average Bonchev–Trinajstić information content (AvgIpc) is 2.64. The maximum Gasteiger partial charge on any atom is 0.180 e. The molecule has 0 aliphatic heterocycles. The Kier molecular flexibility index (Phi) is 9.52. The second-order valence-corrected chi connectivity index (χ2v) is 7.11. The van der Waals surface area contributed by atoms with E-state index in [-0.39, 0.29) is 6.61 Å². The molecule has 0 bridgehead atoms. The van der Waals surface area contributed by atoms with Crippen molar-refractivity contribution in [3.8, 4) is 11.5 Å². The van der Waals surface area contributed by atoms with Gasteiger partial charge in [0.15, 0.2) is 11.5 Å². The highest BCUT2D eigenvalue weighted by atomic mass is 35.5. The minimum atomic E-state index is 0.265. The summed E-state index contributed by atoms with van der Waals surface area (Å²) in [7, 11) is 1.59. The molecule has 0 aliphatic rings. The van der Waals surface area contributed by atoms with Crippen molar-refractivity contribution in [1.29, 1.82) is 0 Å². The van der Waals surface area contributed by atoms with E-state index in [0.717, 1.165) is 37.3 Å². The van der Waals surface area contributed by atoms with Crippen molar-refractivity contribution in [2.75, 3.05) is 26.9 Å². The summed E-state index contributed by atoms with van der Waals surface area (Å²) in [5.41, 5.74) is 1.84. The number of methoxy groups -OCH3 is 1. The van der Waals surface area contributed by atoms with Crippen molar-refractivity contribution >= 4 is 34.8 Å². The van der Waals surface area contributed by atoms with Crippen LogP contribution >= 0.6 is 34.8 Å². The highest BCUT2D eigenvalue weighted by Crippen LogP contribution is 2.37. The molecule has 0 aliphatic carbocycles. The van der Waals surface area contributed by atoms with E-state index in [4.69, 9.17) is 49.0 Å². The van der Waals surface area contributed by atoms with Crippen LogP contribution in [0.2, 0.25) is 15.1 Å². The molecule has 2 rings (SSSR count). The van der Waals surface area contributed by atoms with Crippen LogP contribution < -0.4 is 14.8 Å². The highest BCUT2D eigenvalue weighted by Gasteiger charge is 2.13. The lowest BCUT2D eigenvalue weighted by Crippen LogP contribution is -2.16. The Labute approximate surface area is 175 Å². The van der Waals surface area contributed by atoms with Crippen LogP contribution in [-0.2, 0) is 17.9 Å². The molecule has 0 fully saturated rings. The summed E-state index contributed by atoms with van der Waals surface area (Å²) in [5.74, 6) is 1.07.